The summed E-state index contributed by atoms with van der Waals surface area (Å²) in [7, 11) is -3.66. The first kappa shape index (κ1) is 20.5. The van der Waals surface area contributed by atoms with E-state index >= 15 is 0 Å². The van der Waals surface area contributed by atoms with Crippen LogP contribution in [0.25, 0.3) is 21.5 Å². The van der Waals surface area contributed by atoms with E-state index < -0.39 is 10.0 Å². The highest BCUT2D eigenvalue weighted by atomic mass is 32.2. The molecule has 0 bridgehead atoms. The number of carbonyl (C=O) groups excluding carboxylic acids is 1. The van der Waals surface area contributed by atoms with Crippen molar-refractivity contribution in [2.75, 3.05) is 26.2 Å². The van der Waals surface area contributed by atoms with E-state index in [0.29, 0.717) is 0 Å². The van der Waals surface area contributed by atoms with Crippen LogP contribution in [0.3, 0.4) is 0 Å². The Morgan fingerprint density at radius 1 is 0.719 bits per heavy atom. The summed E-state index contributed by atoms with van der Waals surface area (Å²) in [6.07, 6.45) is 0. The SMILES string of the molecule is O=C(c1cc2ccccc2cc1O)N1CCN(S(=O)(=O)c2ccc3ccccc3c2)CC1. The zero-order valence-corrected chi connectivity index (χ0v) is 18.1. The lowest BCUT2D eigenvalue weighted by Gasteiger charge is -2.34. The first-order valence-corrected chi connectivity index (χ1v) is 11.9. The van der Waals surface area contributed by atoms with Gasteiger partial charge in [-0.2, -0.15) is 4.31 Å². The second kappa shape index (κ2) is 7.93. The van der Waals surface area contributed by atoms with Crippen LogP contribution in [0.4, 0.5) is 0 Å². The van der Waals surface area contributed by atoms with Crippen LogP contribution in [-0.4, -0.2) is 54.8 Å². The van der Waals surface area contributed by atoms with Gasteiger partial charge in [0.25, 0.3) is 5.91 Å². The Morgan fingerprint density at radius 3 is 1.94 bits per heavy atom. The fourth-order valence-corrected chi connectivity index (χ4v) is 5.64. The highest BCUT2D eigenvalue weighted by Crippen LogP contribution is 2.27. The fourth-order valence-electron chi connectivity index (χ4n) is 4.18. The molecule has 4 aromatic rings. The number of benzene rings is 4. The molecule has 0 radical (unpaired) electrons. The predicted molar refractivity (Wildman–Crippen MR) is 124 cm³/mol. The van der Waals surface area contributed by atoms with Gasteiger partial charge in [0.1, 0.15) is 5.75 Å². The summed E-state index contributed by atoms with van der Waals surface area (Å²) in [5.74, 6) is -0.365. The molecule has 1 heterocycles. The van der Waals surface area contributed by atoms with Crippen molar-refractivity contribution in [3.8, 4) is 5.75 Å². The van der Waals surface area contributed by atoms with Crippen molar-refractivity contribution in [2.24, 2.45) is 0 Å². The van der Waals surface area contributed by atoms with E-state index in [4.69, 9.17) is 0 Å². The third kappa shape index (κ3) is 3.59. The Bertz CT molecular complexity index is 1440. The minimum Gasteiger partial charge on any atom is -0.507 e. The van der Waals surface area contributed by atoms with Gasteiger partial charge in [-0.15, -0.1) is 0 Å². The summed E-state index contributed by atoms with van der Waals surface area (Å²) in [5, 5.41) is 13.9. The highest BCUT2D eigenvalue weighted by Gasteiger charge is 2.31. The molecule has 32 heavy (non-hydrogen) atoms. The molecule has 0 aromatic heterocycles. The Morgan fingerprint density at radius 2 is 1.28 bits per heavy atom. The lowest BCUT2D eigenvalue weighted by Crippen LogP contribution is -2.50. The van der Waals surface area contributed by atoms with Crippen LogP contribution in [0.15, 0.2) is 83.8 Å². The lowest BCUT2D eigenvalue weighted by molar-refractivity contribution is 0.0695. The average Bonchev–Trinajstić information content (AvgIpc) is 2.83. The smallest absolute Gasteiger partial charge is 0.257 e. The summed E-state index contributed by atoms with van der Waals surface area (Å²) >= 11 is 0. The second-order valence-electron chi connectivity index (χ2n) is 7.92. The van der Waals surface area contributed by atoms with E-state index in [1.807, 2.05) is 54.6 Å². The predicted octanol–water partition coefficient (Wildman–Crippen LogP) is 3.85. The Labute approximate surface area is 186 Å². The molecule has 0 saturated carbocycles. The molecule has 1 aliphatic rings. The molecule has 6 nitrogen and oxygen atoms in total. The monoisotopic (exact) mass is 446 g/mol. The van der Waals surface area contributed by atoms with Crippen LogP contribution in [0.5, 0.6) is 5.75 Å². The number of aromatic hydroxyl groups is 1. The molecule has 0 spiro atoms. The molecule has 1 N–H and O–H groups in total. The van der Waals surface area contributed by atoms with Gasteiger partial charge in [0.05, 0.1) is 10.5 Å². The number of fused-ring (bicyclic) bond motifs is 2. The summed E-state index contributed by atoms with van der Waals surface area (Å²) < 4.78 is 27.7. The maximum atomic E-state index is 13.2. The summed E-state index contributed by atoms with van der Waals surface area (Å²) in [5.41, 5.74) is 0.231. The van der Waals surface area contributed by atoms with Crippen LogP contribution in [0.2, 0.25) is 0 Å². The Kier molecular flexibility index (Phi) is 5.07. The van der Waals surface area contributed by atoms with Crippen molar-refractivity contribution < 1.29 is 18.3 Å². The first-order chi connectivity index (χ1) is 15.4. The molecular weight excluding hydrogens is 424 g/mol. The van der Waals surface area contributed by atoms with Crippen LogP contribution >= 0.6 is 0 Å². The second-order valence-corrected chi connectivity index (χ2v) is 9.86. The number of piperazine rings is 1. The van der Waals surface area contributed by atoms with Crippen LogP contribution in [0.1, 0.15) is 10.4 Å². The van der Waals surface area contributed by atoms with Crippen LogP contribution in [0, 0.1) is 0 Å². The fraction of sp³-hybridized carbons (Fsp3) is 0.160. The maximum absolute atomic E-state index is 13.2. The van der Waals surface area contributed by atoms with E-state index in [2.05, 4.69) is 0 Å². The third-order valence-electron chi connectivity index (χ3n) is 5.98. The number of hydrogen-bond acceptors (Lipinski definition) is 4. The molecule has 0 unspecified atom stereocenters. The largest absolute Gasteiger partial charge is 0.507 e. The maximum Gasteiger partial charge on any atom is 0.257 e. The standard InChI is InChI=1S/C25H22N2O4S/c28-24-17-21-8-4-3-7-20(21)16-23(24)25(29)26-11-13-27(14-12-26)32(30,31)22-10-9-18-5-1-2-6-19(18)15-22/h1-10,15-17,28H,11-14H2. The number of sulfonamides is 1. The van der Waals surface area contributed by atoms with Crippen molar-refractivity contribution in [3.63, 3.8) is 0 Å². The number of carbonyl (C=O) groups is 1. The number of nitrogens with zero attached hydrogens (tertiary/aromatic N) is 2. The number of phenols is 1. The molecule has 162 valence electrons. The van der Waals surface area contributed by atoms with Gasteiger partial charge < -0.3 is 10.0 Å². The zero-order valence-electron chi connectivity index (χ0n) is 17.3. The summed E-state index contributed by atoms with van der Waals surface area (Å²) in [6, 6.07) is 23.5. The minimum absolute atomic E-state index is 0.0695. The molecule has 1 saturated heterocycles. The molecule has 1 fully saturated rings. The van der Waals surface area contributed by atoms with Crippen molar-refractivity contribution in [2.45, 2.75) is 4.90 Å². The topological polar surface area (TPSA) is 77.9 Å². The van der Waals surface area contributed by atoms with Crippen molar-refractivity contribution in [3.05, 3.63) is 84.4 Å². The lowest BCUT2D eigenvalue weighted by atomic mass is 10.0. The van der Waals surface area contributed by atoms with E-state index in [9.17, 15) is 18.3 Å². The quantitative estimate of drug-likeness (QED) is 0.519. The molecule has 5 rings (SSSR count). The average molecular weight is 447 g/mol. The van der Waals surface area contributed by atoms with Gasteiger partial charge in [-0.25, -0.2) is 8.42 Å². The first-order valence-electron chi connectivity index (χ1n) is 10.4. The van der Waals surface area contributed by atoms with Gasteiger partial charge in [-0.1, -0.05) is 54.6 Å². The number of amides is 1. The van der Waals surface area contributed by atoms with Crippen LogP contribution in [-0.2, 0) is 10.0 Å². The van der Waals surface area contributed by atoms with Crippen molar-refractivity contribution >= 4 is 37.5 Å². The molecule has 1 aliphatic heterocycles. The molecule has 1 amide bonds. The zero-order chi connectivity index (χ0) is 22.3. The third-order valence-corrected chi connectivity index (χ3v) is 7.87. The van der Waals surface area contributed by atoms with Gasteiger partial charge >= 0.3 is 0 Å². The number of rotatable bonds is 3. The van der Waals surface area contributed by atoms with Gasteiger partial charge in [-0.05, 0) is 45.8 Å². The molecule has 0 atom stereocenters. The van der Waals surface area contributed by atoms with Gasteiger partial charge in [0.15, 0.2) is 0 Å². The normalized spacial score (nSPS) is 15.3. The van der Waals surface area contributed by atoms with E-state index in [1.165, 1.54) is 4.31 Å². The molecule has 0 aliphatic carbocycles. The number of phenolic OH excluding ortho intramolecular Hbond substituents is 1. The van der Waals surface area contributed by atoms with Gasteiger partial charge in [-0.3, -0.25) is 4.79 Å². The van der Waals surface area contributed by atoms with E-state index in [0.717, 1.165) is 21.5 Å². The van der Waals surface area contributed by atoms with Gasteiger partial charge in [0, 0.05) is 26.2 Å². The van der Waals surface area contributed by atoms with E-state index in [1.54, 1.807) is 29.2 Å². The van der Waals surface area contributed by atoms with Gasteiger partial charge in [0.2, 0.25) is 10.0 Å². The highest BCUT2D eigenvalue weighted by molar-refractivity contribution is 7.89. The molecule has 7 heteroatoms. The minimum atomic E-state index is -3.66. The molecular formula is C25H22N2O4S. The van der Waals surface area contributed by atoms with E-state index in [-0.39, 0.29) is 48.3 Å². The van der Waals surface area contributed by atoms with Crippen molar-refractivity contribution in [1.29, 1.82) is 0 Å². The number of hydrogen-bond donors (Lipinski definition) is 1. The molecule has 4 aromatic carbocycles. The Balaban J connectivity index is 1.34. The Hall–Kier alpha value is -3.42. The summed E-state index contributed by atoms with van der Waals surface area (Å²) in [6.45, 7) is 0.931. The van der Waals surface area contributed by atoms with Crippen LogP contribution < -0.4 is 0 Å². The summed E-state index contributed by atoms with van der Waals surface area (Å²) in [4.78, 5) is 14.9. The van der Waals surface area contributed by atoms with Crippen molar-refractivity contribution in [1.82, 2.24) is 9.21 Å².